The summed E-state index contributed by atoms with van der Waals surface area (Å²) >= 11 is 0. The maximum absolute atomic E-state index is 11.4. The number of hydrogen-bond acceptors (Lipinski definition) is 6. The smallest absolute Gasteiger partial charge is 0.319 e. The van der Waals surface area contributed by atoms with Crippen molar-refractivity contribution in [2.45, 2.75) is 32.3 Å². The van der Waals surface area contributed by atoms with E-state index in [1.807, 2.05) is 0 Å². The fraction of sp³-hybridized carbons (Fsp3) is 0.412. The summed E-state index contributed by atoms with van der Waals surface area (Å²) in [6.07, 6.45) is 0.869. The number of benzene rings is 1. The normalized spacial score (nSPS) is 12.4. The summed E-state index contributed by atoms with van der Waals surface area (Å²) < 4.78 is 10.9. The maximum atomic E-state index is 11.4. The molecule has 1 unspecified atom stereocenters. The molecule has 1 aromatic heterocycles. The Hall–Kier alpha value is -2.70. The highest BCUT2D eigenvalue weighted by atomic mass is 28.3. The highest BCUT2D eigenvalue weighted by Crippen LogP contribution is 2.32. The highest BCUT2D eigenvalue weighted by Gasteiger charge is 2.27. The number of aromatic amines is 1. The van der Waals surface area contributed by atoms with Crippen molar-refractivity contribution in [3.8, 4) is 23.1 Å². The van der Waals surface area contributed by atoms with Crippen LogP contribution in [0.1, 0.15) is 11.1 Å². The quantitative estimate of drug-likeness (QED) is 0.329. The van der Waals surface area contributed by atoms with Gasteiger partial charge in [0, 0.05) is 17.4 Å². The second-order valence-corrected chi connectivity index (χ2v) is 12.5. The molecule has 0 spiro atoms. The zero-order valence-corrected chi connectivity index (χ0v) is 16.3. The zero-order chi connectivity index (χ0) is 19.3. The SMILES string of the molecule is COc1ccc(C#N)cc1-c1[nH]ncc1CC(OC[Si](C)(C)C)[N+](=O)[O-]. The molecule has 0 aliphatic rings. The Morgan fingerprint density at radius 2 is 2.15 bits per heavy atom. The molecule has 1 N–H and O–H groups in total. The van der Waals surface area contributed by atoms with Gasteiger partial charge in [0.15, 0.2) is 0 Å². The molecule has 26 heavy (non-hydrogen) atoms. The third-order valence-corrected chi connectivity index (χ3v) is 4.69. The summed E-state index contributed by atoms with van der Waals surface area (Å²) in [5.41, 5.74) is 2.31. The topological polar surface area (TPSA) is 114 Å². The first-order chi connectivity index (χ1) is 12.2. The van der Waals surface area contributed by atoms with Gasteiger partial charge in [0.1, 0.15) is 5.75 Å². The van der Waals surface area contributed by atoms with Crippen LogP contribution in [-0.2, 0) is 11.2 Å². The number of nitro groups is 1. The van der Waals surface area contributed by atoms with E-state index in [0.717, 1.165) is 0 Å². The molecule has 138 valence electrons. The molecule has 0 saturated carbocycles. The second kappa shape index (κ2) is 8.12. The van der Waals surface area contributed by atoms with E-state index in [1.165, 1.54) is 7.11 Å². The van der Waals surface area contributed by atoms with E-state index in [2.05, 4.69) is 35.9 Å². The minimum Gasteiger partial charge on any atom is -0.496 e. The largest absolute Gasteiger partial charge is 0.496 e. The van der Waals surface area contributed by atoms with Crippen molar-refractivity contribution >= 4 is 8.07 Å². The Balaban J connectivity index is 2.33. The molecule has 1 heterocycles. The maximum Gasteiger partial charge on any atom is 0.319 e. The van der Waals surface area contributed by atoms with E-state index in [4.69, 9.17) is 14.7 Å². The van der Waals surface area contributed by atoms with Crippen LogP contribution in [-0.4, -0.2) is 42.8 Å². The van der Waals surface area contributed by atoms with Gasteiger partial charge in [0.2, 0.25) is 0 Å². The van der Waals surface area contributed by atoms with Gasteiger partial charge in [0.05, 0.1) is 50.1 Å². The van der Waals surface area contributed by atoms with Crippen molar-refractivity contribution in [1.82, 2.24) is 10.2 Å². The van der Waals surface area contributed by atoms with Crippen molar-refractivity contribution in [1.29, 1.82) is 5.26 Å². The lowest BCUT2D eigenvalue weighted by atomic mass is 10.0. The molecule has 0 amide bonds. The van der Waals surface area contributed by atoms with Gasteiger partial charge in [-0.2, -0.15) is 10.4 Å². The van der Waals surface area contributed by atoms with Gasteiger partial charge < -0.3 is 9.47 Å². The fourth-order valence-electron chi connectivity index (χ4n) is 2.40. The minimum atomic E-state index is -1.58. The second-order valence-electron chi connectivity index (χ2n) is 7.11. The van der Waals surface area contributed by atoms with Crippen molar-refractivity contribution in [2.24, 2.45) is 0 Å². The average Bonchev–Trinajstić information content (AvgIpc) is 3.04. The van der Waals surface area contributed by atoms with E-state index in [9.17, 15) is 10.1 Å². The summed E-state index contributed by atoms with van der Waals surface area (Å²) in [5, 5.41) is 27.4. The van der Waals surface area contributed by atoms with Gasteiger partial charge in [-0.1, -0.05) is 19.6 Å². The van der Waals surface area contributed by atoms with Crippen LogP contribution in [0.15, 0.2) is 24.4 Å². The number of rotatable bonds is 8. The number of nitrogens with one attached hydrogen (secondary N) is 1. The number of H-pyrrole nitrogens is 1. The number of ether oxygens (including phenoxy) is 2. The molecule has 0 aliphatic heterocycles. The molecule has 9 heteroatoms. The summed E-state index contributed by atoms with van der Waals surface area (Å²) in [6, 6.07) is 7.08. The third-order valence-electron chi connectivity index (χ3n) is 3.65. The molecule has 8 nitrogen and oxygen atoms in total. The van der Waals surface area contributed by atoms with Crippen LogP contribution >= 0.6 is 0 Å². The monoisotopic (exact) mass is 374 g/mol. The number of methoxy groups -OCH3 is 1. The van der Waals surface area contributed by atoms with E-state index < -0.39 is 19.2 Å². The van der Waals surface area contributed by atoms with Crippen LogP contribution in [0.25, 0.3) is 11.3 Å². The average molecular weight is 374 g/mol. The molecule has 0 radical (unpaired) electrons. The lowest BCUT2D eigenvalue weighted by Crippen LogP contribution is -2.35. The third kappa shape index (κ3) is 4.90. The van der Waals surface area contributed by atoms with Crippen molar-refractivity contribution in [3.63, 3.8) is 0 Å². The molecule has 1 atom stereocenters. The first kappa shape index (κ1) is 19.6. The van der Waals surface area contributed by atoms with Gasteiger partial charge in [-0.3, -0.25) is 15.2 Å². The van der Waals surface area contributed by atoms with Gasteiger partial charge in [-0.25, -0.2) is 0 Å². The predicted octanol–water partition coefficient (Wildman–Crippen LogP) is 3.00. The van der Waals surface area contributed by atoms with E-state index >= 15 is 0 Å². The number of aromatic nitrogens is 2. The molecular formula is C17H22N4O4Si. The van der Waals surface area contributed by atoms with Gasteiger partial charge >= 0.3 is 6.23 Å². The summed E-state index contributed by atoms with van der Waals surface area (Å²) in [5.74, 6) is 0.551. The van der Waals surface area contributed by atoms with E-state index in [1.54, 1.807) is 24.4 Å². The first-order valence-electron chi connectivity index (χ1n) is 8.11. The number of nitrogens with zero attached hydrogens (tertiary/aromatic N) is 3. The summed E-state index contributed by atoms with van der Waals surface area (Å²) in [4.78, 5) is 11.0. The molecule has 2 rings (SSSR count). The van der Waals surface area contributed by atoms with Gasteiger partial charge in [-0.15, -0.1) is 0 Å². The van der Waals surface area contributed by atoms with Crippen molar-refractivity contribution < 1.29 is 14.4 Å². The predicted molar refractivity (Wildman–Crippen MR) is 99.1 cm³/mol. The van der Waals surface area contributed by atoms with Crippen molar-refractivity contribution in [2.75, 3.05) is 13.3 Å². The van der Waals surface area contributed by atoms with Crippen LogP contribution in [0.5, 0.6) is 5.75 Å². The first-order valence-corrected chi connectivity index (χ1v) is 11.8. The minimum absolute atomic E-state index is 0.0727. The zero-order valence-electron chi connectivity index (χ0n) is 15.3. The number of hydrogen-bond donors (Lipinski definition) is 1. The molecule has 0 aliphatic carbocycles. The Morgan fingerprint density at radius 1 is 1.42 bits per heavy atom. The van der Waals surface area contributed by atoms with Gasteiger partial charge in [0.25, 0.3) is 0 Å². The van der Waals surface area contributed by atoms with E-state index in [-0.39, 0.29) is 6.42 Å². The molecule has 0 bridgehead atoms. The molecule has 2 aromatic rings. The Bertz CT molecular complexity index is 823. The Morgan fingerprint density at radius 3 is 2.73 bits per heavy atom. The van der Waals surface area contributed by atoms with Crippen LogP contribution in [0.4, 0.5) is 0 Å². The standard InChI is InChI=1S/C17H22N4O4Si/c1-24-15-6-5-12(9-18)7-14(15)17-13(10-19-20-17)8-16(21(22)23)25-11-26(2,3)4/h5-7,10,16H,8,11H2,1-4H3,(H,19,20). The fourth-order valence-corrected chi connectivity index (χ4v) is 3.09. The Kier molecular flexibility index (Phi) is 6.13. The van der Waals surface area contributed by atoms with Crippen LogP contribution < -0.4 is 4.74 Å². The highest BCUT2D eigenvalue weighted by molar-refractivity contribution is 6.76. The van der Waals surface area contributed by atoms with Crippen LogP contribution in [0.3, 0.4) is 0 Å². The molecule has 0 fully saturated rings. The van der Waals surface area contributed by atoms with Gasteiger partial charge in [-0.05, 0) is 18.2 Å². The van der Waals surface area contributed by atoms with Crippen LogP contribution in [0.2, 0.25) is 19.6 Å². The van der Waals surface area contributed by atoms with E-state index in [0.29, 0.717) is 34.4 Å². The molecular weight excluding hydrogens is 352 g/mol. The molecule has 0 saturated heterocycles. The molecule has 1 aromatic carbocycles. The lowest BCUT2D eigenvalue weighted by molar-refractivity contribution is -0.574. The summed E-state index contributed by atoms with van der Waals surface area (Å²) in [6.45, 7) is 6.27. The summed E-state index contributed by atoms with van der Waals surface area (Å²) in [7, 11) is -0.0521. The Labute approximate surface area is 152 Å². The van der Waals surface area contributed by atoms with Crippen LogP contribution in [0, 0.1) is 21.4 Å². The lowest BCUT2D eigenvalue weighted by Gasteiger charge is -2.18. The van der Waals surface area contributed by atoms with Crippen molar-refractivity contribution in [3.05, 3.63) is 45.6 Å². The number of nitriles is 1.